The van der Waals surface area contributed by atoms with Crippen molar-refractivity contribution in [1.29, 1.82) is 0 Å². The normalized spacial score (nSPS) is 21.6. The molecule has 0 spiro atoms. The third kappa shape index (κ3) is 4.91. The predicted octanol–water partition coefficient (Wildman–Crippen LogP) is 4.04. The molecule has 0 aromatic carbocycles. The number of aromatic nitrogens is 5. The molecule has 10 heteroatoms. The lowest BCUT2D eigenvalue weighted by molar-refractivity contribution is -0.00770. The quantitative estimate of drug-likeness (QED) is 0.541. The molecular formula is C25H30N6O4. The smallest absolute Gasteiger partial charge is 0.410 e. The third-order valence-corrected chi connectivity index (χ3v) is 6.27. The summed E-state index contributed by atoms with van der Waals surface area (Å²) in [6, 6.07) is 9.48. The molecule has 2 aliphatic heterocycles. The molecule has 5 heterocycles. The highest BCUT2D eigenvalue weighted by atomic mass is 16.6. The second-order valence-corrected chi connectivity index (χ2v) is 9.92. The van der Waals surface area contributed by atoms with E-state index in [1.165, 1.54) is 0 Å². The molecule has 3 atom stereocenters. The molecule has 2 saturated heterocycles. The molecule has 10 nitrogen and oxygen atoms in total. The highest BCUT2D eigenvalue weighted by molar-refractivity contribution is 5.69. The van der Waals surface area contributed by atoms with E-state index in [-0.39, 0.29) is 24.3 Å². The number of rotatable bonds is 5. The molecule has 2 bridgehead atoms. The molecule has 35 heavy (non-hydrogen) atoms. The topological polar surface area (TPSA) is 104 Å². The molecule has 0 aliphatic carbocycles. The van der Waals surface area contributed by atoms with Crippen LogP contribution in [0.1, 0.15) is 46.5 Å². The van der Waals surface area contributed by atoms with Crippen LogP contribution in [0.4, 0.5) is 4.79 Å². The van der Waals surface area contributed by atoms with Gasteiger partial charge in [0, 0.05) is 43.4 Å². The van der Waals surface area contributed by atoms with Crippen LogP contribution in [0.2, 0.25) is 0 Å². The maximum absolute atomic E-state index is 12.7. The minimum atomic E-state index is -0.500. The van der Waals surface area contributed by atoms with Crippen LogP contribution in [0.25, 0.3) is 17.1 Å². The average Bonchev–Trinajstić information content (AvgIpc) is 3.45. The Hall–Kier alpha value is -3.69. The molecule has 184 valence electrons. The van der Waals surface area contributed by atoms with Crippen LogP contribution in [-0.4, -0.2) is 66.9 Å². The number of nitrogens with zero attached hydrogens (tertiary/aromatic N) is 6. The first kappa shape index (κ1) is 23.1. The zero-order valence-electron chi connectivity index (χ0n) is 20.4. The molecular weight excluding hydrogens is 448 g/mol. The first-order valence-electron chi connectivity index (χ1n) is 11.9. The van der Waals surface area contributed by atoms with Gasteiger partial charge in [-0.1, -0.05) is 0 Å². The molecule has 5 rings (SSSR count). The fourth-order valence-corrected chi connectivity index (χ4v) is 4.84. The Labute approximate surface area is 204 Å². The molecule has 0 N–H and O–H groups in total. The molecule has 1 amide bonds. The van der Waals surface area contributed by atoms with E-state index in [0.717, 1.165) is 31.4 Å². The van der Waals surface area contributed by atoms with E-state index in [0.29, 0.717) is 23.1 Å². The maximum Gasteiger partial charge on any atom is 0.410 e. The lowest BCUT2D eigenvalue weighted by Gasteiger charge is -2.39. The number of ether oxygens (including phenoxy) is 3. The van der Waals surface area contributed by atoms with Crippen LogP contribution >= 0.6 is 0 Å². The molecule has 2 fully saturated rings. The number of hydrogen-bond donors (Lipinski definition) is 0. The Balaban J connectivity index is 1.24. The number of pyridine rings is 1. The van der Waals surface area contributed by atoms with E-state index in [9.17, 15) is 4.79 Å². The summed E-state index contributed by atoms with van der Waals surface area (Å²) in [6.45, 7) is 5.68. The Morgan fingerprint density at radius 2 is 1.77 bits per heavy atom. The summed E-state index contributed by atoms with van der Waals surface area (Å²) in [5.74, 6) is 0.907. The van der Waals surface area contributed by atoms with Crippen molar-refractivity contribution < 1.29 is 19.0 Å². The van der Waals surface area contributed by atoms with Gasteiger partial charge in [0.25, 0.3) is 0 Å². The SMILES string of the molecule is COc1nc(-c2ccc(OC3C[C@H]4CC[C@@H](C3)N4C(=O)OC(C)(C)C)nn2)ccc1-n1cccn1. The van der Waals surface area contributed by atoms with Crippen molar-refractivity contribution >= 4 is 6.09 Å². The van der Waals surface area contributed by atoms with Gasteiger partial charge in [-0.15, -0.1) is 10.2 Å². The Kier molecular flexibility index (Phi) is 6.04. The molecule has 0 radical (unpaired) electrons. The highest BCUT2D eigenvalue weighted by Gasteiger charge is 2.45. The van der Waals surface area contributed by atoms with Gasteiger partial charge in [-0.05, 0) is 57.9 Å². The van der Waals surface area contributed by atoms with Gasteiger partial charge < -0.3 is 19.1 Å². The van der Waals surface area contributed by atoms with Crippen LogP contribution in [-0.2, 0) is 4.74 Å². The van der Waals surface area contributed by atoms with Gasteiger partial charge in [0.2, 0.25) is 11.8 Å². The van der Waals surface area contributed by atoms with Crippen molar-refractivity contribution in [3.8, 4) is 28.8 Å². The van der Waals surface area contributed by atoms with Crippen molar-refractivity contribution in [3.05, 3.63) is 42.7 Å². The van der Waals surface area contributed by atoms with Gasteiger partial charge in [0.15, 0.2) is 0 Å². The molecule has 3 aromatic rings. The molecule has 3 aromatic heterocycles. The van der Waals surface area contributed by atoms with Gasteiger partial charge >= 0.3 is 6.09 Å². The number of amides is 1. The van der Waals surface area contributed by atoms with Crippen LogP contribution in [0.5, 0.6) is 11.8 Å². The molecule has 2 aliphatic rings. The van der Waals surface area contributed by atoms with E-state index >= 15 is 0 Å². The molecule has 1 unspecified atom stereocenters. The number of hydrogen-bond acceptors (Lipinski definition) is 8. The van der Waals surface area contributed by atoms with Gasteiger partial charge in [-0.25, -0.2) is 14.5 Å². The number of methoxy groups -OCH3 is 1. The minimum Gasteiger partial charge on any atom is -0.479 e. The molecule has 0 saturated carbocycles. The van der Waals surface area contributed by atoms with E-state index in [1.54, 1.807) is 24.1 Å². The van der Waals surface area contributed by atoms with Crippen molar-refractivity contribution in [2.75, 3.05) is 7.11 Å². The monoisotopic (exact) mass is 478 g/mol. The van der Waals surface area contributed by atoms with Crippen LogP contribution < -0.4 is 9.47 Å². The second kappa shape index (κ2) is 9.16. The summed E-state index contributed by atoms with van der Waals surface area (Å²) in [6.07, 6.45) is 6.73. The van der Waals surface area contributed by atoms with Crippen molar-refractivity contribution in [2.24, 2.45) is 0 Å². The predicted molar refractivity (Wildman–Crippen MR) is 127 cm³/mol. The Bertz CT molecular complexity index is 1160. The van der Waals surface area contributed by atoms with Crippen molar-refractivity contribution in [2.45, 2.75) is 70.2 Å². The number of carbonyl (C=O) groups excluding carboxylic acids is 1. The van der Waals surface area contributed by atoms with E-state index in [2.05, 4.69) is 20.3 Å². The van der Waals surface area contributed by atoms with Crippen LogP contribution in [0.15, 0.2) is 42.7 Å². The summed E-state index contributed by atoms with van der Waals surface area (Å²) in [7, 11) is 1.57. The fraction of sp³-hybridized carbons (Fsp3) is 0.480. The Morgan fingerprint density at radius 1 is 1.03 bits per heavy atom. The van der Waals surface area contributed by atoms with Gasteiger partial charge in [0.05, 0.1) is 12.8 Å². The standard InChI is InChI=1S/C25H30N6O4/c1-25(2,3)35-24(32)31-16-6-7-17(31)15-18(14-16)34-22-11-9-20(28-29-22)19-8-10-21(23(27-19)33-4)30-13-5-12-26-30/h5,8-13,16-18H,6-7,14-15H2,1-4H3/t16-,17+,18?. The zero-order valence-corrected chi connectivity index (χ0v) is 20.4. The lowest BCUT2D eigenvalue weighted by Crippen LogP contribution is -2.50. The zero-order chi connectivity index (χ0) is 24.6. The fourth-order valence-electron chi connectivity index (χ4n) is 4.84. The first-order chi connectivity index (χ1) is 16.8. The summed E-state index contributed by atoms with van der Waals surface area (Å²) < 4.78 is 18.9. The van der Waals surface area contributed by atoms with Crippen LogP contribution in [0.3, 0.4) is 0 Å². The second-order valence-electron chi connectivity index (χ2n) is 9.92. The highest BCUT2D eigenvalue weighted by Crippen LogP contribution is 2.38. The van der Waals surface area contributed by atoms with Crippen molar-refractivity contribution in [3.63, 3.8) is 0 Å². The van der Waals surface area contributed by atoms with E-state index in [4.69, 9.17) is 14.2 Å². The maximum atomic E-state index is 12.7. The number of piperidine rings is 1. The van der Waals surface area contributed by atoms with Gasteiger partial charge in [0.1, 0.15) is 23.1 Å². The summed E-state index contributed by atoms with van der Waals surface area (Å²) in [5, 5.41) is 12.8. The van der Waals surface area contributed by atoms with Gasteiger partial charge in [-0.3, -0.25) is 0 Å². The number of carbonyl (C=O) groups is 1. The van der Waals surface area contributed by atoms with E-state index < -0.39 is 5.60 Å². The summed E-state index contributed by atoms with van der Waals surface area (Å²) in [5.41, 5.74) is 1.49. The van der Waals surface area contributed by atoms with E-state index in [1.807, 2.05) is 56.1 Å². The summed E-state index contributed by atoms with van der Waals surface area (Å²) in [4.78, 5) is 19.1. The van der Waals surface area contributed by atoms with Gasteiger partial charge in [-0.2, -0.15) is 5.10 Å². The minimum absolute atomic E-state index is 0.0158. The third-order valence-electron chi connectivity index (χ3n) is 6.27. The largest absolute Gasteiger partial charge is 0.479 e. The Morgan fingerprint density at radius 3 is 2.37 bits per heavy atom. The van der Waals surface area contributed by atoms with Crippen LogP contribution in [0, 0.1) is 0 Å². The first-order valence-corrected chi connectivity index (χ1v) is 11.9. The van der Waals surface area contributed by atoms with Crippen molar-refractivity contribution in [1.82, 2.24) is 29.9 Å². The lowest BCUT2D eigenvalue weighted by atomic mass is 10.0. The summed E-state index contributed by atoms with van der Waals surface area (Å²) >= 11 is 0. The average molecular weight is 479 g/mol. The number of fused-ring (bicyclic) bond motifs is 2.